The van der Waals surface area contributed by atoms with E-state index >= 15 is 0 Å². The molecule has 122 valence electrons. The fourth-order valence-electron chi connectivity index (χ4n) is 2.12. The Morgan fingerprint density at radius 3 is 2.54 bits per heavy atom. The van der Waals surface area contributed by atoms with E-state index in [1.54, 1.807) is 12.1 Å². The van der Waals surface area contributed by atoms with E-state index in [9.17, 15) is 9.18 Å². The Kier molecular flexibility index (Phi) is 4.60. The van der Waals surface area contributed by atoms with Gasteiger partial charge in [0.1, 0.15) is 12.4 Å². The second-order valence-electron chi connectivity index (χ2n) is 5.41. The van der Waals surface area contributed by atoms with Crippen LogP contribution in [0.5, 0.6) is 0 Å². The van der Waals surface area contributed by atoms with Crippen molar-refractivity contribution >= 4 is 5.91 Å². The summed E-state index contributed by atoms with van der Waals surface area (Å²) < 4.78 is 12.8. The van der Waals surface area contributed by atoms with Gasteiger partial charge in [0.05, 0.1) is 0 Å². The minimum Gasteiger partial charge on any atom is -0.350 e. The summed E-state index contributed by atoms with van der Waals surface area (Å²) in [5.74, 6) is -0.0750. The number of carbonyl (C=O) groups is 1. The zero-order chi connectivity index (χ0) is 16.9. The van der Waals surface area contributed by atoms with Crippen molar-refractivity contribution < 1.29 is 9.18 Å². The number of rotatable bonds is 5. The molecule has 0 aliphatic heterocycles. The minimum atomic E-state index is -0.305. The van der Waals surface area contributed by atoms with E-state index in [0.717, 1.165) is 16.7 Å². The molecule has 1 amide bonds. The molecule has 1 N–H and O–H groups in total. The lowest BCUT2D eigenvalue weighted by Gasteiger charge is -2.04. The van der Waals surface area contributed by atoms with Crippen LogP contribution in [0.3, 0.4) is 0 Å². The molecule has 3 aromatic rings. The fourth-order valence-corrected chi connectivity index (χ4v) is 2.12. The zero-order valence-electron chi connectivity index (χ0n) is 13.1. The average Bonchev–Trinajstić information content (AvgIpc) is 3.03. The van der Waals surface area contributed by atoms with Crippen molar-refractivity contribution in [2.45, 2.75) is 20.0 Å². The maximum atomic E-state index is 12.8. The van der Waals surface area contributed by atoms with Gasteiger partial charge in [0.15, 0.2) is 0 Å². The zero-order valence-corrected chi connectivity index (χ0v) is 13.1. The van der Waals surface area contributed by atoms with Crippen molar-refractivity contribution in [1.29, 1.82) is 0 Å². The van der Waals surface area contributed by atoms with Gasteiger partial charge in [-0.25, -0.2) is 4.39 Å². The Bertz CT molecular complexity index is 827. The molecule has 24 heavy (non-hydrogen) atoms. The third-order valence-corrected chi connectivity index (χ3v) is 3.45. The maximum absolute atomic E-state index is 12.8. The van der Waals surface area contributed by atoms with Crippen LogP contribution >= 0.6 is 0 Å². The number of tetrazole rings is 1. The normalized spacial score (nSPS) is 10.6. The number of carbonyl (C=O) groups excluding carboxylic acids is 1. The van der Waals surface area contributed by atoms with E-state index in [4.69, 9.17) is 0 Å². The lowest BCUT2D eigenvalue weighted by Crippen LogP contribution is -2.28. The summed E-state index contributed by atoms with van der Waals surface area (Å²) in [5.41, 5.74) is 2.81. The van der Waals surface area contributed by atoms with Gasteiger partial charge in [-0.2, -0.15) is 4.80 Å². The van der Waals surface area contributed by atoms with Gasteiger partial charge in [-0.15, -0.1) is 10.2 Å². The predicted octanol–water partition coefficient (Wildman–Crippen LogP) is 2.10. The molecule has 0 saturated carbocycles. The van der Waals surface area contributed by atoms with Gasteiger partial charge in [0, 0.05) is 12.1 Å². The van der Waals surface area contributed by atoms with Gasteiger partial charge >= 0.3 is 0 Å². The smallest absolute Gasteiger partial charge is 0.243 e. The molecular weight excluding hydrogens is 309 g/mol. The minimum absolute atomic E-state index is 0.0277. The Morgan fingerprint density at radius 1 is 1.12 bits per heavy atom. The van der Waals surface area contributed by atoms with E-state index in [-0.39, 0.29) is 18.3 Å². The third-order valence-electron chi connectivity index (χ3n) is 3.45. The lowest BCUT2D eigenvalue weighted by molar-refractivity contribution is -0.122. The van der Waals surface area contributed by atoms with Crippen molar-refractivity contribution in [1.82, 2.24) is 25.5 Å². The highest BCUT2D eigenvalue weighted by Crippen LogP contribution is 2.13. The molecule has 0 aliphatic rings. The van der Waals surface area contributed by atoms with Crippen LogP contribution in [0.25, 0.3) is 11.4 Å². The molecule has 0 atom stereocenters. The number of aryl methyl sites for hydroxylation is 1. The van der Waals surface area contributed by atoms with Gasteiger partial charge in [-0.3, -0.25) is 4.79 Å². The Hall–Kier alpha value is -3.09. The summed E-state index contributed by atoms with van der Waals surface area (Å²) in [5, 5.41) is 14.8. The summed E-state index contributed by atoms with van der Waals surface area (Å²) >= 11 is 0. The van der Waals surface area contributed by atoms with Crippen LogP contribution in [-0.2, 0) is 17.9 Å². The summed E-state index contributed by atoms with van der Waals surface area (Å²) in [4.78, 5) is 13.2. The second kappa shape index (κ2) is 6.99. The SMILES string of the molecule is Cc1ccc(-c2nnn(CC(=O)NCc3ccc(F)cc3)n2)cc1. The number of hydrogen-bond donors (Lipinski definition) is 1. The highest BCUT2D eigenvalue weighted by Gasteiger charge is 2.09. The molecule has 1 heterocycles. The first-order chi connectivity index (χ1) is 11.6. The van der Waals surface area contributed by atoms with Crippen molar-refractivity contribution in [3.05, 3.63) is 65.5 Å². The second-order valence-corrected chi connectivity index (χ2v) is 5.41. The van der Waals surface area contributed by atoms with Crippen LogP contribution in [-0.4, -0.2) is 26.1 Å². The molecular formula is C17H16FN5O. The Balaban J connectivity index is 1.57. The molecule has 6 nitrogen and oxygen atoms in total. The van der Waals surface area contributed by atoms with Gasteiger partial charge in [0.25, 0.3) is 0 Å². The fraction of sp³-hybridized carbons (Fsp3) is 0.176. The van der Waals surface area contributed by atoms with Crippen molar-refractivity contribution in [2.24, 2.45) is 0 Å². The first-order valence-electron chi connectivity index (χ1n) is 7.46. The third kappa shape index (κ3) is 4.01. The molecule has 0 bridgehead atoms. The number of nitrogens with one attached hydrogen (secondary N) is 1. The predicted molar refractivity (Wildman–Crippen MR) is 86.2 cm³/mol. The van der Waals surface area contributed by atoms with Gasteiger partial charge in [-0.05, 0) is 29.8 Å². The number of nitrogens with zero attached hydrogens (tertiary/aromatic N) is 4. The standard InChI is InChI=1S/C17H16FN5O/c1-12-2-6-14(7-3-12)17-20-22-23(21-17)11-16(24)19-10-13-4-8-15(18)9-5-13/h2-9H,10-11H2,1H3,(H,19,24). The summed E-state index contributed by atoms with van der Waals surface area (Å²) in [6.45, 7) is 2.29. The molecule has 7 heteroatoms. The average molecular weight is 325 g/mol. The van der Waals surface area contributed by atoms with Crippen LogP contribution in [0.2, 0.25) is 0 Å². The van der Waals surface area contributed by atoms with Crippen LogP contribution in [0.4, 0.5) is 4.39 Å². The van der Waals surface area contributed by atoms with Gasteiger partial charge < -0.3 is 5.32 Å². The first-order valence-corrected chi connectivity index (χ1v) is 7.46. The molecule has 1 aromatic heterocycles. The largest absolute Gasteiger partial charge is 0.350 e. The van der Waals surface area contributed by atoms with Crippen molar-refractivity contribution in [2.75, 3.05) is 0 Å². The highest BCUT2D eigenvalue weighted by atomic mass is 19.1. The van der Waals surface area contributed by atoms with Crippen LogP contribution in [0, 0.1) is 12.7 Å². The monoisotopic (exact) mass is 325 g/mol. The Labute approximate surface area is 138 Å². The van der Waals surface area contributed by atoms with E-state index in [0.29, 0.717) is 12.4 Å². The van der Waals surface area contributed by atoms with E-state index in [1.165, 1.54) is 16.9 Å². The number of benzene rings is 2. The van der Waals surface area contributed by atoms with E-state index in [1.807, 2.05) is 31.2 Å². The number of aromatic nitrogens is 4. The summed E-state index contributed by atoms with van der Waals surface area (Å²) in [6, 6.07) is 13.7. The number of hydrogen-bond acceptors (Lipinski definition) is 4. The van der Waals surface area contributed by atoms with Gasteiger partial charge in [0.2, 0.25) is 11.7 Å². The molecule has 0 radical (unpaired) electrons. The molecule has 3 rings (SSSR count). The lowest BCUT2D eigenvalue weighted by atomic mass is 10.1. The number of halogens is 1. The molecule has 0 spiro atoms. The van der Waals surface area contributed by atoms with Crippen molar-refractivity contribution in [3.63, 3.8) is 0 Å². The molecule has 0 saturated heterocycles. The first kappa shape index (κ1) is 15.8. The summed E-state index contributed by atoms with van der Waals surface area (Å²) in [7, 11) is 0. The van der Waals surface area contributed by atoms with E-state index in [2.05, 4.69) is 20.7 Å². The topological polar surface area (TPSA) is 72.7 Å². The quantitative estimate of drug-likeness (QED) is 0.780. The van der Waals surface area contributed by atoms with Crippen LogP contribution in [0.15, 0.2) is 48.5 Å². The number of amides is 1. The highest BCUT2D eigenvalue weighted by molar-refractivity contribution is 5.75. The van der Waals surface area contributed by atoms with E-state index < -0.39 is 0 Å². The molecule has 0 fully saturated rings. The Morgan fingerprint density at radius 2 is 1.83 bits per heavy atom. The maximum Gasteiger partial charge on any atom is 0.243 e. The molecule has 0 unspecified atom stereocenters. The van der Waals surface area contributed by atoms with Crippen LogP contribution < -0.4 is 5.32 Å². The summed E-state index contributed by atoms with van der Waals surface area (Å²) in [6.07, 6.45) is 0. The molecule has 2 aromatic carbocycles. The molecule has 0 aliphatic carbocycles. The van der Waals surface area contributed by atoms with Crippen LogP contribution in [0.1, 0.15) is 11.1 Å². The van der Waals surface area contributed by atoms with Crippen molar-refractivity contribution in [3.8, 4) is 11.4 Å². The van der Waals surface area contributed by atoms with Gasteiger partial charge in [-0.1, -0.05) is 42.0 Å².